The Hall–Kier alpha value is -2.23. The zero-order valence-corrected chi connectivity index (χ0v) is 16.6. The maximum absolute atomic E-state index is 13.2. The lowest BCUT2D eigenvalue weighted by atomic mass is 10.0. The van der Waals surface area contributed by atoms with E-state index in [1.54, 1.807) is 0 Å². The first-order valence-corrected chi connectivity index (χ1v) is 10.00. The van der Waals surface area contributed by atoms with Gasteiger partial charge in [-0.25, -0.2) is 13.8 Å². The lowest BCUT2D eigenvalue weighted by Gasteiger charge is -2.17. The molecule has 0 saturated heterocycles. The minimum atomic E-state index is -4.59. The van der Waals surface area contributed by atoms with Crippen molar-refractivity contribution in [2.24, 2.45) is 11.8 Å². The van der Waals surface area contributed by atoms with Gasteiger partial charge < -0.3 is 11.1 Å². The molecule has 10 heteroatoms. The summed E-state index contributed by atoms with van der Waals surface area (Å²) < 4.78 is 66.3. The number of hydrogen-bond donors (Lipinski definition) is 2. The number of nitrogens with one attached hydrogen (secondary N) is 1. The topological polar surface area (TPSA) is 68.8 Å². The number of nitrogens with two attached hydrogens (primary N) is 1. The van der Waals surface area contributed by atoms with Crippen LogP contribution in [0, 0.1) is 11.8 Å². The Labute approximate surface area is 170 Å². The van der Waals surface area contributed by atoms with Gasteiger partial charge in [0.2, 0.25) is 0 Å². The summed E-state index contributed by atoms with van der Waals surface area (Å²) in [5.41, 5.74) is 6.10. The fraction of sp³-hybridized carbons (Fsp3) is 0.600. The van der Waals surface area contributed by atoms with E-state index in [0.717, 1.165) is 24.6 Å². The number of halogens is 5. The van der Waals surface area contributed by atoms with Crippen molar-refractivity contribution in [3.63, 3.8) is 0 Å². The molecule has 0 spiro atoms. The number of anilines is 1. The van der Waals surface area contributed by atoms with E-state index in [-0.39, 0.29) is 30.1 Å². The molecule has 2 fully saturated rings. The van der Waals surface area contributed by atoms with E-state index >= 15 is 0 Å². The van der Waals surface area contributed by atoms with Crippen LogP contribution < -0.4 is 11.1 Å². The summed E-state index contributed by atoms with van der Waals surface area (Å²) >= 11 is 0. The third-order valence-corrected chi connectivity index (χ3v) is 6.12. The van der Waals surface area contributed by atoms with Crippen molar-refractivity contribution in [2.45, 2.75) is 57.3 Å². The second kappa shape index (κ2) is 7.47. The van der Waals surface area contributed by atoms with Gasteiger partial charge in [-0.1, -0.05) is 0 Å². The summed E-state index contributed by atoms with van der Waals surface area (Å²) in [5, 5.41) is 7.46. The monoisotopic (exact) mass is 429 g/mol. The fourth-order valence-corrected chi connectivity index (χ4v) is 4.76. The number of nitrogen functional groups attached to an aromatic ring is 1. The number of fused-ring (bicyclic) bond motifs is 1. The molecule has 0 radical (unpaired) electrons. The molecule has 0 amide bonds. The van der Waals surface area contributed by atoms with Crippen molar-refractivity contribution < 1.29 is 22.0 Å². The minimum Gasteiger partial charge on any atom is -0.383 e. The molecular weight excluding hydrogens is 405 g/mol. The Bertz CT molecular complexity index is 911. The van der Waals surface area contributed by atoms with E-state index in [1.807, 2.05) is 24.6 Å². The molecular formula is C20H24F5N5. The molecule has 2 aliphatic carbocycles. The van der Waals surface area contributed by atoms with E-state index < -0.39 is 24.0 Å². The first kappa shape index (κ1) is 21.0. The van der Waals surface area contributed by atoms with Gasteiger partial charge in [0.15, 0.2) is 0 Å². The highest BCUT2D eigenvalue weighted by Crippen LogP contribution is 2.63. The summed E-state index contributed by atoms with van der Waals surface area (Å²) in [5.74, 6) is 0.464. The van der Waals surface area contributed by atoms with Crippen molar-refractivity contribution in [1.29, 1.82) is 0 Å². The lowest BCUT2D eigenvalue weighted by Crippen LogP contribution is -2.32. The van der Waals surface area contributed by atoms with Crippen molar-refractivity contribution in [2.75, 3.05) is 12.3 Å². The van der Waals surface area contributed by atoms with Gasteiger partial charge in [0.1, 0.15) is 5.82 Å². The molecule has 2 saturated carbocycles. The van der Waals surface area contributed by atoms with E-state index in [9.17, 15) is 22.0 Å². The van der Waals surface area contributed by atoms with Crippen LogP contribution in [0.5, 0.6) is 0 Å². The zero-order valence-electron chi connectivity index (χ0n) is 16.6. The molecule has 2 aromatic heterocycles. The van der Waals surface area contributed by atoms with Gasteiger partial charge >= 0.3 is 6.18 Å². The molecule has 2 aromatic rings. The van der Waals surface area contributed by atoms with Crippen molar-refractivity contribution in [3.8, 4) is 11.3 Å². The van der Waals surface area contributed by atoms with Crippen LogP contribution in [0.3, 0.4) is 0 Å². The summed E-state index contributed by atoms with van der Waals surface area (Å²) in [6.07, 6.45) is -4.01. The Morgan fingerprint density at radius 1 is 1.20 bits per heavy atom. The van der Waals surface area contributed by atoms with Gasteiger partial charge in [0.25, 0.3) is 6.43 Å². The number of hydrogen-bond acceptors (Lipinski definition) is 4. The van der Waals surface area contributed by atoms with Crippen LogP contribution in [0.4, 0.5) is 27.8 Å². The number of rotatable bonds is 6. The molecule has 30 heavy (non-hydrogen) atoms. The summed E-state index contributed by atoms with van der Waals surface area (Å²) in [7, 11) is 0. The normalized spacial score (nSPS) is 25.9. The molecule has 0 aromatic carbocycles. The SMILES string of the molecule is CC(C)n1nc(-c2cnc(N)c(C(F)(F)F)c2)cc1[C@@H]1[C@@H]2C[C@@H](NCC(F)F)C[C@@H]21. The molecule has 2 heterocycles. The van der Waals surface area contributed by atoms with E-state index in [4.69, 9.17) is 5.73 Å². The van der Waals surface area contributed by atoms with Crippen LogP contribution in [-0.4, -0.2) is 33.8 Å². The number of pyridine rings is 1. The quantitative estimate of drug-likeness (QED) is 0.665. The van der Waals surface area contributed by atoms with Crippen LogP contribution in [0.15, 0.2) is 18.3 Å². The second-order valence-corrected chi connectivity index (χ2v) is 8.47. The Morgan fingerprint density at radius 3 is 2.43 bits per heavy atom. The van der Waals surface area contributed by atoms with Gasteiger partial charge in [0.05, 0.1) is 17.8 Å². The maximum Gasteiger partial charge on any atom is 0.419 e. The minimum absolute atomic E-state index is 0.0339. The van der Waals surface area contributed by atoms with E-state index in [0.29, 0.717) is 17.5 Å². The molecule has 0 unspecified atom stereocenters. The average Bonchev–Trinajstić information content (AvgIpc) is 3.02. The Morgan fingerprint density at radius 2 is 1.87 bits per heavy atom. The molecule has 5 nitrogen and oxygen atoms in total. The summed E-state index contributed by atoms with van der Waals surface area (Å²) in [6.45, 7) is 3.64. The molecule has 4 atom stereocenters. The summed E-state index contributed by atoms with van der Waals surface area (Å²) in [4.78, 5) is 3.71. The van der Waals surface area contributed by atoms with Crippen molar-refractivity contribution >= 4 is 5.82 Å². The highest BCUT2D eigenvalue weighted by Gasteiger charge is 2.57. The van der Waals surface area contributed by atoms with Crippen LogP contribution in [-0.2, 0) is 6.18 Å². The molecule has 0 aliphatic heterocycles. The van der Waals surface area contributed by atoms with E-state index in [1.165, 1.54) is 6.20 Å². The van der Waals surface area contributed by atoms with Crippen LogP contribution in [0.2, 0.25) is 0 Å². The maximum atomic E-state index is 13.2. The number of aromatic nitrogens is 3. The van der Waals surface area contributed by atoms with Crippen LogP contribution >= 0.6 is 0 Å². The zero-order chi connectivity index (χ0) is 21.8. The second-order valence-electron chi connectivity index (χ2n) is 8.47. The lowest BCUT2D eigenvalue weighted by molar-refractivity contribution is -0.137. The fourth-order valence-electron chi connectivity index (χ4n) is 4.76. The number of alkyl halides is 5. The van der Waals surface area contributed by atoms with Crippen LogP contribution in [0.1, 0.15) is 49.9 Å². The van der Waals surface area contributed by atoms with Crippen molar-refractivity contribution in [3.05, 3.63) is 29.6 Å². The number of nitrogens with zero attached hydrogens (tertiary/aromatic N) is 3. The van der Waals surface area contributed by atoms with Gasteiger partial charge in [-0.15, -0.1) is 0 Å². The average molecular weight is 429 g/mol. The molecule has 3 N–H and O–H groups in total. The predicted octanol–water partition coefficient (Wildman–Crippen LogP) is 4.47. The first-order chi connectivity index (χ1) is 14.1. The smallest absolute Gasteiger partial charge is 0.383 e. The largest absolute Gasteiger partial charge is 0.419 e. The standard InChI is InChI=1S/C20H24F5N5/c1-9(2)30-16(18-12-4-11(5-13(12)18)27-8-17(21)22)6-15(29-30)10-3-14(20(23,24)25)19(26)28-7-10/h3,6-7,9,11-13,17-18,27H,4-5,8H2,1-2H3,(H2,26,28)/t11-,12-,13+,18-. The molecule has 4 rings (SSSR count). The highest BCUT2D eigenvalue weighted by molar-refractivity contribution is 5.63. The highest BCUT2D eigenvalue weighted by atomic mass is 19.4. The Kier molecular flexibility index (Phi) is 5.24. The molecule has 164 valence electrons. The van der Waals surface area contributed by atoms with Crippen molar-refractivity contribution in [1.82, 2.24) is 20.1 Å². The third-order valence-electron chi connectivity index (χ3n) is 6.12. The van der Waals surface area contributed by atoms with Gasteiger partial charge in [-0.05, 0) is 50.7 Å². The predicted molar refractivity (Wildman–Crippen MR) is 102 cm³/mol. The summed E-state index contributed by atoms with van der Waals surface area (Å²) in [6, 6.07) is 2.94. The Balaban J connectivity index is 1.57. The van der Waals surface area contributed by atoms with Gasteiger partial charge in [0, 0.05) is 35.5 Å². The molecule has 0 bridgehead atoms. The third kappa shape index (κ3) is 3.89. The van der Waals surface area contributed by atoms with E-state index in [2.05, 4.69) is 15.4 Å². The first-order valence-electron chi connectivity index (χ1n) is 10.00. The molecule has 2 aliphatic rings. The van der Waals surface area contributed by atoms with Crippen LogP contribution in [0.25, 0.3) is 11.3 Å². The van der Waals surface area contributed by atoms with Gasteiger partial charge in [-0.2, -0.15) is 18.3 Å². The van der Waals surface area contributed by atoms with Gasteiger partial charge in [-0.3, -0.25) is 4.68 Å².